The van der Waals surface area contributed by atoms with Crippen LogP contribution in [0, 0.1) is 0 Å². The molecule has 1 unspecified atom stereocenters. The average Bonchev–Trinajstić information content (AvgIpc) is 2.62. The Labute approximate surface area is 141 Å². The van der Waals surface area contributed by atoms with Crippen LogP contribution in [0.4, 0.5) is 0 Å². The Morgan fingerprint density at radius 2 is 1.92 bits per heavy atom. The van der Waals surface area contributed by atoms with E-state index in [4.69, 9.17) is 9.47 Å². The zero-order chi connectivity index (χ0) is 17.2. The van der Waals surface area contributed by atoms with Gasteiger partial charge in [0.15, 0.2) is 6.10 Å². The van der Waals surface area contributed by atoms with Crippen molar-refractivity contribution in [3.05, 3.63) is 78.4 Å². The minimum atomic E-state index is -0.696. The molecule has 2 aromatic carbocycles. The standard InChI is InChI=1S/C19H20N2O3/c1-3-13-24-17-11-9-15(10-12-17)14-20-21-19(22)18(23-2)16-7-5-4-6-8-16/h3-12,14,18H,1,13H2,2H3,(H,21,22)/b20-14+. The van der Waals surface area contributed by atoms with Crippen LogP contribution in [0.3, 0.4) is 0 Å². The molecule has 0 bridgehead atoms. The molecule has 1 atom stereocenters. The van der Waals surface area contributed by atoms with E-state index < -0.39 is 6.10 Å². The number of methoxy groups -OCH3 is 1. The maximum absolute atomic E-state index is 12.2. The molecule has 2 aromatic rings. The van der Waals surface area contributed by atoms with Gasteiger partial charge < -0.3 is 9.47 Å². The van der Waals surface area contributed by atoms with Gasteiger partial charge in [0.25, 0.3) is 5.91 Å². The number of rotatable bonds is 8. The first-order chi connectivity index (χ1) is 11.7. The lowest BCUT2D eigenvalue weighted by Crippen LogP contribution is -2.26. The van der Waals surface area contributed by atoms with Gasteiger partial charge in [-0.3, -0.25) is 4.79 Å². The molecule has 5 heteroatoms. The summed E-state index contributed by atoms with van der Waals surface area (Å²) < 4.78 is 10.6. The van der Waals surface area contributed by atoms with Gasteiger partial charge in [-0.25, -0.2) is 5.43 Å². The van der Waals surface area contributed by atoms with Crippen LogP contribution in [-0.4, -0.2) is 25.8 Å². The Hall–Kier alpha value is -2.92. The number of carbonyl (C=O) groups excluding carboxylic acids is 1. The van der Waals surface area contributed by atoms with Gasteiger partial charge >= 0.3 is 0 Å². The molecule has 0 aromatic heterocycles. The van der Waals surface area contributed by atoms with E-state index in [0.29, 0.717) is 6.61 Å². The fourth-order valence-electron chi connectivity index (χ4n) is 2.06. The maximum Gasteiger partial charge on any atom is 0.273 e. The number of carbonyl (C=O) groups is 1. The second-order valence-electron chi connectivity index (χ2n) is 4.93. The van der Waals surface area contributed by atoms with Gasteiger partial charge in [0, 0.05) is 7.11 Å². The predicted molar refractivity (Wildman–Crippen MR) is 94.1 cm³/mol. The van der Waals surface area contributed by atoms with Crippen LogP contribution in [0.15, 0.2) is 72.4 Å². The van der Waals surface area contributed by atoms with Crippen molar-refractivity contribution >= 4 is 12.1 Å². The number of hydrogen-bond donors (Lipinski definition) is 1. The highest BCUT2D eigenvalue weighted by molar-refractivity contribution is 5.85. The van der Waals surface area contributed by atoms with Gasteiger partial charge in [-0.1, -0.05) is 43.0 Å². The van der Waals surface area contributed by atoms with Crippen molar-refractivity contribution in [2.75, 3.05) is 13.7 Å². The molecule has 2 rings (SSSR count). The summed E-state index contributed by atoms with van der Waals surface area (Å²) in [6, 6.07) is 16.6. The van der Waals surface area contributed by atoms with Crippen LogP contribution >= 0.6 is 0 Å². The minimum absolute atomic E-state index is 0.328. The fourth-order valence-corrected chi connectivity index (χ4v) is 2.06. The fraction of sp³-hybridized carbons (Fsp3) is 0.158. The number of amides is 1. The van der Waals surface area contributed by atoms with E-state index in [1.165, 1.54) is 7.11 Å². The van der Waals surface area contributed by atoms with E-state index in [0.717, 1.165) is 16.9 Å². The molecule has 124 valence electrons. The Morgan fingerprint density at radius 1 is 1.21 bits per heavy atom. The first kappa shape index (κ1) is 17.4. The van der Waals surface area contributed by atoms with Gasteiger partial charge in [-0.05, 0) is 35.4 Å². The monoisotopic (exact) mass is 324 g/mol. The van der Waals surface area contributed by atoms with Gasteiger partial charge in [-0.2, -0.15) is 5.10 Å². The van der Waals surface area contributed by atoms with Crippen LogP contribution in [0.25, 0.3) is 0 Å². The molecule has 0 heterocycles. The maximum atomic E-state index is 12.2. The number of benzene rings is 2. The normalized spacial score (nSPS) is 11.9. The number of hydrazone groups is 1. The van der Waals surface area contributed by atoms with E-state index in [9.17, 15) is 4.79 Å². The van der Waals surface area contributed by atoms with Crippen LogP contribution in [0.5, 0.6) is 5.75 Å². The lowest BCUT2D eigenvalue weighted by Gasteiger charge is -2.13. The van der Waals surface area contributed by atoms with Crippen LogP contribution in [0.2, 0.25) is 0 Å². The number of ether oxygens (including phenoxy) is 2. The molecule has 5 nitrogen and oxygen atoms in total. The quantitative estimate of drug-likeness (QED) is 0.461. The van der Waals surface area contributed by atoms with Crippen molar-refractivity contribution in [2.24, 2.45) is 5.10 Å². The van der Waals surface area contributed by atoms with Crippen molar-refractivity contribution in [3.63, 3.8) is 0 Å². The van der Waals surface area contributed by atoms with E-state index >= 15 is 0 Å². The SMILES string of the molecule is C=CCOc1ccc(/C=N/NC(=O)C(OC)c2ccccc2)cc1. The number of nitrogens with zero attached hydrogens (tertiary/aromatic N) is 1. The predicted octanol–water partition coefficient (Wildman–Crippen LogP) is 3.09. The molecule has 0 spiro atoms. The third-order valence-electron chi connectivity index (χ3n) is 3.21. The summed E-state index contributed by atoms with van der Waals surface area (Å²) >= 11 is 0. The molecule has 0 saturated carbocycles. The second kappa shape index (κ2) is 9.27. The zero-order valence-corrected chi connectivity index (χ0v) is 13.5. The highest BCUT2D eigenvalue weighted by Gasteiger charge is 2.18. The summed E-state index contributed by atoms with van der Waals surface area (Å²) in [5.41, 5.74) is 4.11. The van der Waals surface area contributed by atoms with E-state index in [1.807, 2.05) is 54.6 Å². The Balaban J connectivity index is 1.92. The molecule has 1 N–H and O–H groups in total. The first-order valence-corrected chi connectivity index (χ1v) is 7.49. The van der Waals surface area contributed by atoms with Crippen LogP contribution < -0.4 is 10.2 Å². The molecule has 0 aliphatic heterocycles. The zero-order valence-electron chi connectivity index (χ0n) is 13.5. The highest BCUT2D eigenvalue weighted by Crippen LogP contribution is 2.16. The van der Waals surface area contributed by atoms with Crippen molar-refractivity contribution < 1.29 is 14.3 Å². The molecule has 0 aliphatic rings. The Morgan fingerprint density at radius 3 is 2.54 bits per heavy atom. The topological polar surface area (TPSA) is 59.9 Å². The number of hydrogen-bond acceptors (Lipinski definition) is 4. The molecule has 0 radical (unpaired) electrons. The van der Waals surface area contributed by atoms with Crippen molar-refractivity contribution in [3.8, 4) is 5.75 Å². The summed E-state index contributed by atoms with van der Waals surface area (Å²) in [4.78, 5) is 12.2. The molecular formula is C19H20N2O3. The van der Waals surface area contributed by atoms with Crippen molar-refractivity contribution in [2.45, 2.75) is 6.10 Å². The average molecular weight is 324 g/mol. The van der Waals surface area contributed by atoms with E-state index in [2.05, 4.69) is 17.1 Å². The Bertz CT molecular complexity index is 682. The van der Waals surface area contributed by atoms with Gasteiger partial charge in [-0.15, -0.1) is 0 Å². The van der Waals surface area contributed by atoms with E-state index in [-0.39, 0.29) is 5.91 Å². The lowest BCUT2D eigenvalue weighted by molar-refractivity contribution is -0.131. The first-order valence-electron chi connectivity index (χ1n) is 7.49. The van der Waals surface area contributed by atoms with Gasteiger partial charge in [0.05, 0.1) is 6.21 Å². The molecular weight excluding hydrogens is 304 g/mol. The molecule has 0 fully saturated rings. The van der Waals surface area contributed by atoms with Crippen LogP contribution in [0.1, 0.15) is 17.2 Å². The minimum Gasteiger partial charge on any atom is -0.490 e. The van der Waals surface area contributed by atoms with Crippen molar-refractivity contribution in [1.82, 2.24) is 5.43 Å². The molecule has 1 amide bonds. The molecule has 0 aliphatic carbocycles. The summed E-state index contributed by atoms with van der Waals surface area (Å²) in [5, 5.41) is 3.97. The summed E-state index contributed by atoms with van der Waals surface area (Å²) in [5.74, 6) is 0.422. The molecule has 0 saturated heterocycles. The third-order valence-corrected chi connectivity index (χ3v) is 3.21. The van der Waals surface area contributed by atoms with Crippen molar-refractivity contribution in [1.29, 1.82) is 0 Å². The summed E-state index contributed by atoms with van der Waals surface area (Å²) in [6.45, 7) is 4.06. The lowest BCUT2D eigenvalue weighted by atomic mass is 10.1. The Kier molecular flexibility index (Phi) is 6.73. The smallest absolute Gasteiger partial charge is 0.273 e. The number of nitrogens with one attached hydrogen (secondary N) is 1. The van der Waals surface area contributed by atoms with Gasteiger partial charge in [0.2, 0.25) is 0 Å². The summed E-state index contributed by atoms with van der Waals surface area (Å²) in [7, 11) is 1.49. The van der Waals surface area contributed by atoms with E-state index in [1.54, 1.807) is 12.3 Å². The molecule has 24 heavy (non-hydrogen) atoms. The largest absolute Gasteiger partial charge is 0.490 e. The second-order valence-corrected chi connectivity index (χ2v) is 4.93. The summed E-state index contributed by atoms with van der Waals surface area (Å²) in [6.07, 6.45) is 2.55. The third kappa shape index (κ3) is 5.07. The van der Waals surface area contributed by atoms with Gasteiger partial charge in [0.1, 0.15) is 12.4 Å². The van der Waals surface area contributed by atoms with Crippen LogP contribution in [-0.2, 0) is 9.53 Å². The highest BCUT2D eigenvalue weighted by atomic mass is 16.5.